The summed E-state index contributed by atoms with van der Waals surface area (Å²) < 4.78 is 10.8. The van der Waals surface area contributed by atoms with Gasteiger partial charge in [0, 0.05) is 30.2 Å². The number of anilines is 2. The summed E-state index contributed by atoms with van der Waals surface area (Å²) in [6.45, 7) is 8.20. The van der Waals surface area contributed by atoms with Crippen LogP contribution in [0.15, 0.2) is 35.7 Å². The van der Waals surface area contributed by atoms with E-state index in [0.717, 1.165) is 45.1 Å². The number of rotatable bonds is 7. The molecule has 1 aliphatic heterocycles. The van der Waals surface area contributed by atoms with Gasteiger partial charge in [-0.3, -0.25) is 14.5 Å². The quantitative estimate of drug-likeness (QED) is 0.532. The smallest absolute Gasteiger partial charge is 0.265 e. The van der Waals surface area contributed by atoms with E-state index in [2.05, 4.69) is 10.3 Å². The summed E-state index contributed by atoms with van der Waals surface area (Å²) in [6.07, 6.45) is 0.745. The minimum Gasteiger partial charge on any atom is -0.482 e. The van der Waals surface area contributed by atoms with Crippen LogP contribution in [0.2, 0.25) is 0 Å². The molecule has 1 aromatic heterocycles. The van der Waals surface area contributed by atoms with Gasteiger partial charge in [0.25, 0.3) is 5.91 Å². The third kappa shape index (κ3) is 4.83. The molecule has 0 saturated heterocycles. The number of carbonyl (C=O) groups excluding carboxylic acids is 2. The van der Waals surface area contributed by atoms with E-state index in [1.165, 1.54) is 4.90 Å². The fourth-order valence-electron chi connectivity index (χ4n) is 4.22. The van der Waals surface area contributed by atoms with Gasteiger partial charge in [-0.25, -0.2) is 4.98 Å². The van der Waals surface area contributed by atoms with E-state index < -0.39 is 6.04 Å². The number of nitrogens with zero attached hydrogens (tertiary/aromatic N) is 2. The molecule has 0 spiro atoms. The molecule has 4 rings (SSSR count). The van der Waals surface area contributed by atoms with Crippen LogP contribution in [0.4, 0.5) is 11.4 Å². The van der Waals surface area contributed by atoms with Crippen LogP contribution in [-0.2, 0) is 20.7 Å². The van der Waals surface area contributed by atoms with Crippen molar-refractivity contribution >= 4 is 34.5 Å². The van der Waals surface area contributed by atoms with Crippen molar-refractivity contribution in [1.82, 2.24) is 4.98 Å². The Balaban J connectivity index is 1.62. The fourth-order valence-corrected chi connectivity index (χ4v) is 5.01. The summed E-state index contributed by atoms with van der Waals surface area (Å²) in [6, 6.07) is 8.96. The number of benzene rings is 2. The van der Waals surface area contributed by atoms with Gasteiger partial charge in [0.15, 0.2) is 6.61 Å². The molecular weight excluding hydrogens is 450 g/mol. The number of methoxy groups -OCH3 is 1. The molecule has 8 heteroatoms. The lowest BCUT2D eigenvalue weighted by molar-refractivity contribution is -0.125. The zero-order valence-electron chi connectivity index (χ0n) is 20.1. The van der Waals surface area contributed by atoms with Gasteiger partial charge in [-0.05, 0) is 57.0 Å². The lowest BCUT2D eigenvalue weighted by Gasteiger charge is -2.33. The molecule has 178 valence electrons. The van der Waals surface area contributed by atoms with Crippen LogP contribution >= 0.6 is 11.3 Å². The predicted molar refractivity (Wildman–Crippen MR) is 135 cm³/mol. The van der Waals surface area contributed by atoms with Crippen molar-refractivity contribution in [2.24, 2.45) is 0 Å². The number of carbonyl (C=O) groups is 2. The van der Waals surface area contributed by atoms with Crippen LogP contribution in [-0.4, -0.2) is 43.2 Å². The maximum absolute atomic E-state index is 13.2. The molecule has 0 radical (unpaired) electrons. The number of ether oxygens (including phenoxy) is 2. The zero-order chi connectivity index (χ0) is 24.4. The van der Waals surface area contributed by atoms with Crippen molar-refractivity contribution in [2.75, 3.05) is 30.5 Å². The standard InChI is InChI=1S/C26H29N3O4S/c1-15-10-16(2)25(17(3)11-15)28-26(31)18(4)29-21-12-19(6-7-22(21)33-13-24(29)30)20-14-34-23(27-20)8-9-32-5/h6-7,10-12,14,18H,8-9,13H2,1-5H3,(H,28,31). The second-order valence-electron chi connectivity index (χ2n) is 8.54. The number of aryl methyl sites for hydroxylation is 3. The van der Waals surface area contributed by atoms with E-state index in [0.29, 0.717) is 18.0 Å². The molecule has 2 aromatic carbocycles. The number of aromatic nitrogens is 1. The highest BCUT2D eigenvalue weighted by molar-refractivity contribution is 7.09. The summed E-state index contributed by atoms with van der Waals surface area (Å²) in [5.74, 6) is 0.0569. The lowest BCUT2D eigenvalue weighted by atomic mass is 10.0. The monoisotopic (exact) mass is 479 g/mol. The summed E-state index contributed by atoms with van der Waals surface area (Å²) in [5.41, 5.74) is 6.14. The van der Waals surface area contributed by atoms with Gasteiger partial charge in [0.05, 0.1) is 23.0 Å². The maximum Gasteiger partial charge on any atom is 0.265 e. The fraction of sp³-hybridized carbons (Fsp3) is 0.346. The SMILES string of the molecule is COCCc1nc(-c2ccc3c(c2)N(C(C)C(=O)Nc2c(C)cc(C)cc2C)C(=O)CO3)cs1. The Kier molecular flexibility index (Phi) is 7.00. The lowest BCUT2D eigenvalue weighted by Crippen LogP contribution is -2.49. The molecule has 7 nitrogen and oxygen atoms in total. The van der Waals surface area contributed by atoms with Crippen LogP contribution < -0.4 is 15.0 Å². The van der Waals surface area contributed by atoms with Crippen molar-refractivity contribution in [3.05, 3.63) is 57.4 Å². The number of hydrogen-bond acceptors (Lipinski definition) is 6. The molecule has 1 aliphatic rings. The second kappa shape index (κ2) is 9.95. The van der Waals surface area contributed by atoms with E-state index in [1.807, 2.05) is 56.5 Å². The van der Waals surface area contributed by atoms with Crippen molar-refractivity contribution in [3.63, 3.8) is 0 Å². The summed E-state index contributed by atoms with van der Waals surface area (Å²) in [5, 5.41) is 6.00. The molecule has 1 N–H and O–H groups in total. The van der Waals surface area contributed by atoms with Crippen LogP contribution in [0.5, 0.6) is 5.75 Å². The second-order valence-corrected chi connectivity index (χ2v) is 9.49. The average Bonchev–Trinajstić information content (AvgIpc) is 3.28. The van der Waals surface area contributed by atoms with Gasteiger partial charge in [-0.15, -0.1) is 11.3 Å². The van der Waals surface area contributed by atoms with Gasteiger partial charge in [0.1, 0.15) is 11.8 Å². The van der Waals surface area contributed by atoms with E-state index in [9.17, 15) is 9.59 Å². The molecular formula is C26H29N3O4S. The minimum atomic E-state index is -0.724. The first-order chi connectivity index (χ1) is 16.3. The molecule has 2 heterocycles. The van der Waals surface area contributed by atoms with E-state index in [-0.39, 0.29) is 18.4 Å². The maximum atomic E-state index is 13.2. The Labute approximate surface area is 203 Å². The molecule has 2 amide bonds. The van der Waals surface area contributed by atoms with Crippen LogP contribution in [0.25, 0.3) is 11.3 Å². The highest BCUT2D eigenvalue weighted by Gasteiger charge is 2.34. The topological polar surface area (TPSA) is 80.8 Å². The number of fused-ring (bicyclic) bond motifs is 1. The predicted octanol–water partition coefficient (Wildman–Crippen LogP) is 4.68. The van der Waals surface area contributed by atoms with Crippen molar-refractivity contribution in [2.45, 2.75) is 40.2 Å². The van der Waals surface area contributed by atoms with Gasteiger partial charge in [-0.1, -0.05) is 17.7 Å². The van der Waals surface area contributed by atoms with Crippen LogP contribution in [0.3, 0.4) is 0 Å². The number of thiazole rings is 1. The Morgan fingerprint density at radius 2 is 1.97 bits per heavy atom. The Bertz CT molecular complexity index is 1210. The molecule has 34 heavy (non-hydrogen) atoms. The van der Waals surface area contributed by atoms with E-state index in [4.69, 9.17) is 9.47 Å². The highest BCUT2D eigenvalue weighted by Crippen LogP contribution is 2.37. The molecule has 1 unspecified atom stereocenters. The van der Waals surface area contributed by atoms with Gasteiger partial charge >= 0.3 is 0 Å². The summed E-state index contributed by atoms with van der Waals surface area (Å²) in [7, 11) is 1.67. The molecule has 0 saturated carbocycles. The first-order valence-corrected chi connectivity index (χ1v) is 12.1. The number of amides is 2. The van der Waals surface area contributed by atoms with Crippen molar-refractivity contribution in [1.29, 1.82) is 0 Å². The third-order valence-corrected chi connectivity index (χ3v) is 6.81. The third-order valence-electron chi connectivity index (χ3n) is 5.90. The minimum absolute atomic E-state index is 0.107. The number of hydrogen-bond donors (Lipinski definition) is 1. The van der Waals surface area contributed by atoms with E-state index >= 15 is 0 Å². The Morgan fingerprint density at radius 1 is 1.24 bits per heavy atom. The van der Waals surface area contributed by atoms with Crippen molar-refractivity contribution < 1.29 is 19.1 Å². The number of nitrogens with one attached hydrogen (secondary N) is 1. The molecule has 3 aromatic rings. The van der Waals surface area contributed by atoms with Crippen LogP contribution in [0.1, 0.15) is 28.6 Å². The first kappa shape index (κ1) is 23.9. The molecule has 0 aliphatic carbocycles. The van der Waals surface area contributed by atoms with E-state index in [1.54, 1.807) is 25.4 Å². The largest absolute Gasteiger partial charge is 0.482 e. The zero-order valence-corrected chi connectivity index (χ0v) is 20.9. The van der Waals surface area contributed by atoms with Crippen LogP contribution in [0, 0.1) is 20.8 Å². The molecule has 0 fully saturated rings. The first-order valence-electron chi connectivity index (χ1n) is 11.2. The summed E-state index contributed by atoms with van der Waals surface area (Å²) in [4.78, 5) is 32.4. The van der Waals surface area contributed by atoms with Crippen molar-refractivity contribution in [3.8, 4) is 17.0 Å². The normalized spacial score (nSPS) is 13.9. The Hall–Kier alpha value is -3.23. The average molecular weight is 480 g/mol. The summed E-state index contributed by atoms with van der Waals surface area (Å²) >= 11 is 1.57. The molecule has 1 atom stereocenters. The molecule has 0 bridgehead atoms. The Morgan fingerprint density at radius 3 is 2.68 bits per heavy atom. The highest BCUT2D eigenvalue weighted by atomic mass is 32.1. The van der Waals surface area contributed by atoms with Gasteiger partial charge in [0.2, 0.25) is 5.91 Å². The van der Waals surface area contributed by atoms with Gasteiger partial charge in [-0.2, -0.15) is 0 Å². The van der Waals surface area contributed by atoms with Gasteiger partial charge < -0.3 is 14.8 Å².